The smallest absolute Gasteiger partial charge is 0.433 e. The van der Waals surface area contributed by atoms with E-state index >= 15 is 0 Å². The summed E-state index contributed by atoms with van der Waals surface area (Å²) in [5.41, 5.74) is -1.38. The van der Waals surface area contributed by atoms with Gasteiger partial charge in [0.1, 0.15) is 10.7 Å². The molecule has 13 heteroatoms. The number of ether oxygens (including phenoxy) is 1. The van der Waals surface area contributed by atoms with Crippen LogP contribution in [0.25, 0.3) is 5.65 Å². The molecule has 0 saturated heterocycles. The molecular weight excluding hydrogens is 435 g/mol. The Morgan fingerprint density at radius 3 is 2.72 bits per heavy atom. The van der Waals surface area contributed by atoms with E-state index < -0.39 is 29.4 Å². The normalized spacial score (nSPS) is 11.7. The maximum Gasteiger partial charge on any atom is 0.433 e. The van der Waals surface area contributed by atoms with Gasteiger partial charge in [-0.1, -0.05) is 11.6 Å². The number of carbonyl (C=O) groups is 2. The van der Waals surface area contributed by atoms with Gasteiger partial charge in [0.15, 0.2) is 16.5 Å². The predicted molar refractivity (Wildman–Crippen MR) is 98.1 cm³/mol. The number of fused-ring (bicyclic) bond motifs is 1. The summed E-state index contributed by atoms with van der Waals surface area (Å²) in [4.78, 5) is 32.0. The first kappa shape index (κ1) is 21.0. The Morgan fingerprint density at radius 1 is 1.34 bits per heavy atom. The monoisotopic (exact) mass is 447 g/mol. The molecule has 8 nitrogen and oxygen atoms in total. The maximum absolute atomic E-state index is 13.3. The summed E-state index contributed by atoms with van der Waals surface area (Å²) < 4.78 is 45.1. The van der Waals surface area contributed by atoms with E-state index in [1.54, 1.807) is 12.3 Å². The molecule has 0 aliphatic rings. The molecule has 0 spiro atoms. The Bertz CT molecular complexity index is 1100. The van der Waals surface area contributed by atoms with Crippen molar-refractivity contribution in [2.75, 3.05) is 11.9 Å². The van der Waals surface area contributed by atoms with E-state index in [2.05, 4.69) is 20.4 Å². The highest BCUT2D eigenvalue weighted by molar-refractivity contribution is 7.14. The van der Waals surface area contributed by atoms with E-state index in [4.69, 9.17) is 16.3 Å². The Balaban J connectivity index is 1.88. The molecule has 0 bridgehead atoms. The third-order valence-electron chi connectivity index (χ3n) is 3.57. The molecule has 0 saturated carbocycles. The number of nitrogens with one attached hydrogen (secondary N) is 1. The zero-order valence-corrected chi connectivity index (χ0v) is 16.6. The highest BCUT2D eigenvalue weighted by Crippen LogP contribution is 2.32. The number of esters is 1. The lowest BCUT2D eigenvalue weighted by atomic mass is 10.3. The highest BCUT2D eigenvalue weighted by Gasteiger charge is 2.36. The number of hydrogen-bond acceptors (Lipinski definition) is 7. The van der Waals surface area contributed by atoms with E-state index in [1.165, 1.54) is 6.92 Å². The molecular formula is C16H13ClF3N5O3S. The number of halogens is 4. The summed E-state index contributed by atoms with van der Waals surface area (Å²) in [7, 11) is 0. The van der Waals surface area contributed by atoms with E-state index in [-0.39, 0.29) is 34.5 Å². The number of rotatable bonds is 5. The van der Waals surface area contributed by atoms with Gasteiger partial charge in [0.05, 0.1) is 18.7 Å². The van der Waals surface area contributed by atoms with Gasteiger partial charge in [-0.2, -0.15) is 18.3 Å². The van der Waals surface area contributed by atoms with E-state index in [0.717, 1.165) is 17.4 Å². The number of alkyl halides is 3. The lowest BCUT2D eigenvalue weighted by molar-refractivity contribution is -0.143. The minimum atomic E-state index is -4.72. The number of aromatic nitrogens is 4. The Morgan fingerprint density at radius 2 is 2.07 bits per heavy atom. The van der Waals surface area contributed by atoms with Crippen LogP contribution in [0.1, 0.15) is 34.5 Å². The summed E-state index contributed by atoms with van der Waals surface area (Å²) in [6, 6.07) is 0.806. The van der Waals surface area contributed by atoms with E-state index in [1.807, 2.05) is 0 Å². The molecule has 1 amide bonds. The average Bonchev–Trinajstić information content (AvgIpc) is 3.18. The number of carbonyl (C=O) groups excluding carboxylic acids is 2. The molecule has 3 heterocycles. The minimum Gasteiger partial charge on any atom is -0.466 e. The van der Waals surface area contributed by atoms with Crippen molar-refractivity contribution >= 4 is 45.6 Å². The highest BCUT2D eigenvalue weighted by atomic mass is 35.5. The van der Waals surface area contributed by atoms with Gasteiger partial charge < -0.3 is 4.74 Å². The molecule has 3 aromatic rings. The topological polar surface area (TPSA) is 98.5 Å². The van der Waals surface area contributed by atoms with Crippen molar-refractivity contribution in [3.63, 3.8) is 0 Å². The number of nitrogens with zero attached hydrogens (tertiary/aromatic N) is 4. The molecule has 1 N–H and O–H groups in total. The standard InChI is InChI=1S/C16H13ClF3N5O3S/c1-3-28-10(26)5-8-6-29-15(22-8)23-14(27)12-11(17)13-21-7(2)4-9(16(18,19)20)25(13)24-12/h4,6H,3,5H2,1-2H3,(H,22,23,27). The second-order valence-corrected chi connectivity index (χ2v) is 6.99. The number of anilines is 1. The molecule has 0 atom stereocenters. The maximum atomic E-state index is 13.3. The van der Waals surface area contributed by atoms with Crippen LogP contribution < -0.4 is 5.32 Å². The first-order chi connectivity index (χ1) is 13.6. The van der Waals surface area contributed by atoms with Crippen molar-refractivity contribution in [3.8, 4) is 0 Å². The Kier molecular flexibility index (Phi) is 5.75. The largest absolute Gasteiger partial charge is 0.466 e. The molecule has 0 aliphatic carbocycles. The van der Waals surface area contributed by atoms with Crippen LogP contribution >= 0.6 is 22.9 Å². The van der Waals surface area contributed by atoms with Crippen LogP contribution in [0.4, 0.5) is 18.3 Å². The second-order valence-electron chi connectivity index (χ2n) is 5.76. The second kappa shape index (κ2) is 7.95. The van der Waals surface area contributed by atoms with Crippen LogP contribution in [0.2, 0.25) is 5.02 Å². The third kappa shape index (κ3) is 4.48. The van der Waals surface area contributed by atoms with Gasteiger partial charge in [-0.05, 0) is 19.9 Å². The van der Waals surface area contributed by atoms with Gasteiger partial charge in [-0.3, -0.25) is 14.9 Å². The first-order valence-electron chi connectivity index (χ1n) is 8.14. The zero-order valence-electron chi connectivity index (χ0n) is 15.0. The summed E-state index contributed by atoms with van der Waals surface area (Å²) in [6.07, 6.45) is -4.79. The molecule has 0 aliphatic heterocycles. The molecule has 0 radical (unpaired) electrons. The van der Waals surface area contributed by atoms with Crippen LogP contribution in [-0.2, 0) is 22.1 Å². The van der Waals surface area contributed by atoms with Crippen LogP contribution in [0.3, 0.4) is 0 Å². The fourth-order valence-electron chi connectivity index (χ4n) is 2.42. The molecule has 154 valence electrons. The van der Waals surface area contributed by atoms with Gasteiger partial charge in [-0.25, -0.2) is 14.5 Å². The van der Waals surface area contributed by atoms with Crippen molar-refractivity contribution in [2.45, 2.75) is 26.4 Å². The predicted octanol–water partition coefficient (Wildman–Crippen LogP) is 3.52. The number of thiazole rings is 1. The van der Waals surface area contributed by atoms with Crippen molar-refractivity contribution in [1.82, 2.24) is 19.6 Å². The quantitative estimate of drug-likeness (QED) is 0.601. The number of hydrogen-bond donors (Lipinski definition) is 1. The summed E-state index contributed by atoms with van der Waals surface area (Å²) in [5.74, 6) is -1.33. The van der Waals surface area contributed by atoms with Crippen molar-refractivity contribution in [3.05, 3.63) is 39.2 Å². The number of amides is 1. The zero-order chi connectivity index (χ0) is 21.3. The van der Waals surface area contributed by atoms with Gasteiger partial charge in [0, 0.05) is 11.1 Å². The molecule has 29 heavy (non-hydrogen) atoms. The molecule has 0 fully saturated rings. The van der Waals surface area contributed by atoms with Crippen LogP contribution in [0.5, 0.6) is 0 Å². The van der Waals surface area contributed by atoms with Crippen molar-refractivity contribution in [2.24, 2.45) is 0 Å². The lowest BCUT2D eigenvalue weighted by Crippen LogP contribution is -2.16. The Hall–Kier alpha value is -2.73. The Labute approximate surface area is 170 Å². The minimum absolute atomic E-state index is 0.0714. The van der Waals surface area contributed by atoms with E-state index in [0.29, 0.717) is 10.2 Å². The molecule has 3 rings (SSSR count). The first-order valence-corrected chi connectivity index (χ1v) is 9.40. The van der Waals surface area contributed by atoms with E-state index in [9.17, 15) is 22.8 Å². The van der Waals surface area contributed by atoms with Gasteiger partial charge >= 0.3 is 12.1 Å². The SMILES string of the molecule is CCOC(=O)Cc1csc(NC(=O)c2nn3c(C(F)(F)F)cc(C)nc3c2Cl)n1. The fourth-order valence-corrected chi connectivity index (χ4v) is 3.37. The average molecular weight is 448 g/mol. The molecule has 0 aromatic carbocycles. The van der Waals surface area contributed by atoms with Gasteiger partial charge in [0.25, 0.3) is 5.91 Å². The summed E-state index contributed by atoms with van der Waals surface area (Å²) in [5, 5.41) is 7.45. The van der Waals surface area contributed by atoms with Crippen LogP contribution in [0, 0.1) is 6.92 Å². The molecule has 3 aromatic heterocycles. The van der Waals surface area contributed by atoms with Gasteiger partial charge in [0.2, 0.25) is 0 Å². The molecule has 0 unspecified atom stereocenters. The summed E-state index contributed by atoms with van der Waals surface area (Å²) >= 11 is 7.10. The van der Waals surface area contributed by atoms with Crippen molar-refractivity contribution in [1.29, 1.82) is 0 Å². The number of aryl methyl sites for hydroxylation is 1. The fraction of sp³-hybridized carbons (Fsp3) is 0.312. The lowest BCUT2D eigenvalue weighted by Gasteiger charge is -2.09. The third-order valence-corrected chi connectivity index (χ3v) is 4.72. The van der Waals surface area contributed by atoms with Crippen molar-refractivity contribution < 1.29 is 27.5 Å². The van der Waals surface area contributed by atoms with Gasteiger partial charge in [-0.15, -0.1) is 11.3 Å². The van der Waals surface area contributed by atoms with Crippen LogP contribution in [-0.4, -0.2) is 38.1 Å². The van der Waals surface area contributed by atoms with Crippen LogP contribution in [0.15, 0.2) is 11.4 Å². The summed E-state index contributed by atoms with van der Waals surface area (Å²) in [6.45, 7) is 3.27.